The van der Waals surface area contributed by atoms with Crippen molar-refractivity contribution < 1.29 is 13.2 Å². The molecule has 5 aromatic rings. The third kappa shape index (κ3) is 3.00. The van der Waals surface area contributed by atoms with Gasteiger partial charge in [0.15, 0.2) is 5.65 Å². The first-order valence-electron chi connectivity index (χ1n) is 8.79. The van der Waals surface area contributed by atoms with Crippen molar-refractivity contribution >= 4 is 22.2 Å². The van der Waals surface area contributed by atoms with Gasteiger partial charge in [-0.25, -0.2) is 14.8 Å². The first kappa shape index (κ1) is 18.0. The number of halogens is 3. The Kier molecular flexibility index (Phi) is 3.91. The molecule has 0 unspecified atom stereocenters. The third-order valence-corrected chi connectivity index (χ3v) is 4.65. The number of nitrogens with one attached hydrogen (secondary N) is 1. The predicted octanol–water partition coefficient (Wildman–Crippen LogP) is 2.92. The van der Waals surface area contributed by atoms with Crippen molar-refractivity contribution in [3.63, 3.8) is 0 Å². The zero-order valence-electron chi connectivity index (χ0n) is 15.1. The smallest absolute Gasteiger partial charge is 0.303 e. The summed E-state index contributed by atoms with van der Waals surface area (Å²) < 4.78 is 41.8. The van der Waals surface area contributed by atoms with Crippen molar-refractivity contribution in [3.05, 3.63) is 76.9 Å². The summed E-state index contributed by atoms with van der Waals surface area (Å²) in [6.45, 7) is 0.253. The van der Waals surface area contributed by atoms with Crippen LogP contribution in [-0.4, -0.2) is 34.1 Å². The van der Waals surface area contributed by atoms with E-state index in [2.05, 4.69) is 24.9 Å². The summed E-state index contributed by atoms with van der Waals surface area (Å²) in [5.74, 6) is 0.184. The summed E-state index contributed by atoms with van der Waals surface area (Å²) in [6, 6.07) is 6.87. The van der Waals surface area contributed by atoms with E-state index in [1.807, 2.05) is 6.07 Å². The molecule has 0 aliphatic heterocycles. The van der Waals surface area contributed by atoms with E-state index in [0.29, 0.717) is 16.7 Å². The monoisotopic (exact) mass is 411 g/mol. The fourth-order valence-electron chi connectivity index (χ4n) is 3.22. The van der Waals surface area contributed by atoms with Crippen LogP contribution >= 0.6 is 0 Å². The number of hydrogen-bond acceptors (Lipinski definition) is 5. The quantitative estimate of drug-likeness (QED) is 0.493. The summed E-state index contributed by atoms with van der Waals surface area (Å²) in [5.41, 5.74) is 1.06. The minimum atomic E-state index is -4.46. The fourth-order valence-corrected chi connectivity index (χ4v) is 3.22. The van der Waals surface area contributed by atoms with Gasteiger partial charge in [0.1, 0.15) is 11.8 Å². The number of pyridine rings is 1. The molecule has 0 radical (unpaired) electrons. The molecule has 1 aromatic carbocycles. The Morgan fingerprint density at radius 1 is 1.10 bits per heavy atom. The number of alkyl halides is 3. The first-order valence-corrected chi connectivity index (χ1v) is 8.79. The third-order valence-electron chi connectivity index (χ3n) is 4.65. The van der Waals surface area contributed by atoms with E-state index in [9.17, 15) is 18.0 Å². The molecule has 8 nitrogen and oxygen atoms in total. The summed E-state index contributed by atoms with van der Waals surface area (Å²) in [7, 11) is 0. The molecule has 0 saturated carbocycles. The predicted molar refractivity (Wildman–Crippen MR) is 101 cm³/mol. The van der Waals surface area contributed by atoms with Gasteiger partial charge in [0.2, 0.25) is 5.95 Å². The average Bonchev–Trinajstić information content (AvgIpc) is 3.28. The Morgan fingerprint density at radius 3 is 2.73 bits per heavy atom. The highest BCUT2D eigenvalue weighted by atomic mass is 19.4. The number of aromatic amines is 1. The minimum Gasteiger partial charge on any atom is -0.303 e. The van der Waals surface area contributed by atoms with Crippen LogP contribution in [0.4, 0.5) is 13.2 Å². The molecule has 0 atom stereocenters. The number of imidazole rings is 2. The van der Waals surface area contributed by atoms with Gasteiger partial charge in [-0.2, -0.15) is 18.2 Å². The number of rotatable bonds is 3. The second-order valence-corrected chi connectivity index (χ2v) is 6.60. The largest absolute Gasteiger partial charge is 0.416 e. The van der Waals surface area contributed by atoms with Crippen LogP contribution in [0.15, 0.2) is 60.0 Å². The van der Waals surface area contributed by atoms with Crippen molar-refractivity contribution in [3.8, 4) is 5.95 Å². The van der Waals surface area contributed by atoms with Gasteiger partial charge in [-0.15, -0.1) is 0 Å². The molecule has 0 aliphatic rings. The molecule has 1 N–H and O–H groups in total. The zero-order valence-corrected chi connectivity index (χ0v) is 15.1. The molecule has 5 rings (SSSR count). The van der Waals surface area contributed by atoms with E-state index in [1.54, 1.807) is 18.5 Å². The van der Waals surface area contributed by atoms with Gasteiger partial charge in [-0.3, -0.25) is 14.1 Å². The summed E-state index contributed by atoms with van der Waals surface area (Å²) in [5, 5.41) is 0. The van der Waals surface area contributed by atoms with Crippen LogP contribution in [-0.2, 0) is 12.7 Å². The second kappa shape index (κ2) is 6.51. The molecule has 150 valence electrons. The van der Waals surface area contributed by atoms with Crippen LogP contribution in [0.5, 0.6) is 0 Å². The van der Waals surface area contributed by atoms with Crippen molar-refractivity contribution in [2.24, 2.45) is 0 Å². The van der Waals surface area contributed by atoms with Gasteiger partial charge < -0.3 is 4.98 Å². The lowest BCUT2D eigenvalue weighted by atomic mass is 10.2. The fraction of sp³-hybridized carbons (Fsp3) is 0.105. The first-order chi connectivity index (χ1) is 14.4. The molecule has 0 bridgehead atoms. The maximum absolute atomic E-state index is 12.9. The van der Waals surface area contributed by atoms with Crippen molar-refractivity contribution in [1.82, 2.24) is 34.1 Å². The highest BCUT2D eigenvalue weighted by molar-refractivity contribution is 5.78. The Labute approximate surface area is 165 Å². The van der Waals surface area contributed by atoms with Crippen LogP contribution in [0.3, 0.4) is 0 Å². The maximum atomic E-state index is 12.9. The SMILES string of the molecule is O=c1[nH]c2cnc(-n3cnc4cc(C(F)(F)F)ccc43)nc2n1Cc1cccnc1. The van der Waals surface area contributed by atoms with E-state index in [1.165, 1.54) is 27.7 Å². The van der Waals surface area contributed by atoms with Gasteiger partial charge in [0, 0.05) is 12.4 Å². The van der Waals surface area contributed by atoms with Crippen LogP contribution in [0.2, 0.25) is 0 Å². The van der Waals surface area contributed by atoms with E-state index in [4.69, 9.17) is 0 Å². The van der Waals surface area contributed by atoms with E-state index < -0.39 is 11.7 Å². The molecule has 0 aliphatic carbocycles. The number of hydrogen-bond donors (Lipinski definition) is 1. The van der Waals surface area contributed by atoms with Gasteiger partial charge in [0.25, 0.3) is 0 Å². The maximum Gasteiger partial charge on any atom is 0.416 e. The van der Waals surface area contributed by atoms with Gasteiger partial charge in [-0.05, 0) is 29.8 Å². The molecule has 0 saturated heterocycles. The zero-order chi connectivity index (χ0) is 20.9. The molecule has 30 heavy (non-hydrogen) atoms. The lowest BCUT2D eigenvalue weighted by Crippen LogP contribution is -2.18. The Bertz CT molecular complexity index is 1430. The van der Waals surface area contributed by atoms with Gasteiger partial charge in [-0.1, -0.05) is 6.07 Å². The summed E-state index contributed by atoms with van der Waals surface area (Å²) >= 11 is 0. The van der Waals surface area contributed by atoms with E-state index in [0.717, 1.165) is 17.7 Å². The van der Waals surface area contributed by atoms with Crippen molar-refractivity contribution in [2.45, 2.75) is 12.7 Å². The Balaban J connectivity index is 1.62. The van der Waals surface area contributed by atoms with E-state index in [-0.39, 0.29) is 23.7 Å². The second-order valence-electron chi connectivity index (χ2n) is 6.60. The number of nitrogens with zero attached hydrogens (tertiary/aromatic N) is 6. The average molecular weight is 411 g/mol. The minimum absolute atomic E-state index is 0.162. The van der Waals surface area contributed by atoms with Gasteiger partial charge in [0.05, 0.1) is 29.3 Å². The van der Waals surface area contributed by atoms with Crippen LogP contribution in [0, 0.1) is 0 Å². The van der Waals surface area contributed by atoms with Gasteiger partial charge >= 0.3 is 11.9 Å². The van der Waals surface area contributed by atoms with Crippen LogP contribution < -0.4 is 5.69 Å². The molecule has 11 heteroatoms. The Hall–Kier alpha value is -4.02. The standard InChI is InChI=1S/C19H12F3N7O/c20-19(21,22)12-3-4-15-13(6-12)25-10-29(15)17-24-8-14-16(27-17)28(18(30)26-14)9-11-2-1-5-23-7-11/h1-8,10H,9H2,(H,26,30). The highest BCUT2D eigenvalue weighted by Gasteiger charge is 2.31. The topological polar surface area (TPSA) is 94.3 Å². The molecule has 0 fully saturated rings. The number of fused-ring (bicyclic) bond motifs is 2. The summed E-state index contributed by atoms with van der Waals surface area (Å²) in [4.78, 5) is 31.8. The van der Waals surface area contributed by atoms with Crippen LogP contribution in [0.1, 0.15) is 11.1 Å². The van der Waals surface area contributed by atoms with Crippen molar-refractivity contribution in [1.29, 1.82) is 0 Å². The summed E-state index contributed by atoms with van der Waals surface area (Å²) in [6.07, 6.45) is 1.63. The Morgan fingerprint density at radius 2 is 1.97 bits per heavy atom. The van der Waals surface area contributed by atoms with Crippen LogP contribution in [0.25, 0.3) is 28.1 Å². The molecule has 0 amide bonds. The molecular formula is C19H12F3N7O. The molecular weight excluding hydrogens is 399 g/mol. The highest BCUT2D eigenvalue weighted by Crippen LogP contribution is 2.31. The number of H-pyrrole nitrogens is 1. The van der Waals surface area contributed by atoms with E-state index >= 15 is 0 Å². The normalized spacial score (nSPS) is 12.1. The number of aromatic nitrogens is 7. The molecule has 4 aromatic heterocycles. The van der Waals surface area contributed by atoms with Crippen molar-refractivity contribution in [2.75, 3.05) is 0 Å². The molecule has 4 heterocycles. The lowest BCUT2D eigenvalue weighted by molar-refractivity contribution is -0.137. The lowest BCUT2D eigenvalue weighted by Gasteiger charge is -2.07. The number of benzene rings is 1. The molecule has 0 spiro atoms.